The van der Waals surface area contributed by atoms with E-state index in [4.69, 9.17) is 14.3 Å². The highest BCUT2D eigenvalue weighted by Crippen LogP contribution is 2.24. The lowest BCUT2D eigenvalue weighted by atomic mass is 10.1. The van der Waals surface area contributed by atoms with Gasteiger partial charge in [0.25, 0.3) is 5.91 Å². The van der Waals surface area contributed by atoms with Crippen LogP contribution >= 0.6 is 0 Å². The molecule has 0 aliphatic carbocycles. The van der Waals surface area contributed by atoms with Gasteiger partial charge in [0.2, 0.25) is 0 Å². The highest BCUT2D eigenvalue weighted by molar-refractivity contribution is 5.94. The van der Waals surface area contributed by atoms with Gasteiger partial charge < -0.3 is 19.2 Å². The molecule has 0 fully saturated rings. The summed E-state index contributed by atoms with van der Waals surface area (Å²) in [4.78, 5) is 25.7. The van der Waals surface area contributed by atoms with Crippen LogP contribution in [0, 0.1) is 0 Å². The fraction of sp³-hybridized carbons (Fsp3) is 0.308. The second-order valence-electron chi connectivity index (χ2n) is 7.89. The van der Waals surface area contributed by atoms with E-state index in [2.05, 4.69) is 0 Å². The van der Waals surface area contributed by atoms with Gasteiger partial charge in [-0.3, -0.25) is 9.59 Å². The Morgan fingerprint density at radius 2 is 1.75 bits per heavy atom. The molecule has 6 heteroatoms. The van der Waals surface area contributed by atoms with Gasteiger partial charge in [0.05, 0.1) is 12.9 Å². The Kier molecular flexibility index (Phi) is 8.08. The Balaban J connectivity index is 1.68. The van der Waals surface area contributed by atoms with Crippen molar-refractivity contribution in [1.82, 2.24) is 4.90 Å². The lowest BCUT2D eigenvalue weighted by Crippen LogP contribution is -2.36. The molecule has 0 bridgehead atoms. The van der Waals surface area contributed by atoms with Gasteiger partial charge in [-0.05, 0) is 57.0 Å². The number of amides is 1. The number of nitrogens with zero attached hydrogens (tertiary/aromatic N) is 1. The Bertz CT molecular complexity index is 1010. The van der Waals surface area contributed by atoms with Crippen molar-refractivity contribution in [1.29, 1.82) is 0 Å². The van der Waals surface area contributed by atoms with Gasteiger partial charge in [0.15, 0.2) is 0 Å². The monoisotopic (exact) mass is 435 g/mol. The average molecular weight is 436 g/mol. The molecule has 0 aliphatic rings. The molecule has 1 heterocycles. The molecule has 0 saturated carbocycles. The molecule has 0 aliphatic heterocycles. The Hall–Kier alpha value is -3.54. The van der Waals surface area contributed by atoms with Gasteiger partial charge in [-0.25, -0.2) is 0 Å². The number of para-hydroxylation sites is 1. The number of aliphatic carboxylic acids is 1. The molecule has 2 aromatic carbocycles. The van der Waals surface area contributed by atoms with E-state index < -0.39 is 5.97 Å². The molecule has 0 atom stereocenters. The first-order valence-corrected chi connectivity index (χ1v) is 10.8. The van der Waals surface area contributed by atoms with E-state index in [-0.39, 0.29) is 18.4 Å². The topological polar surface area (TPSA) is 80.0 Å². The number of hydrogen-bond donors (Lipinski definition) is 1. The van der Waals surface area contributed by atoms with Crippen molar-refractivity contribution < 1.29 is 23.8 Å². The van der Waals surface area contributed by atoms with Crippen LogP contribution in [0.15, 0.2) is 71.3 Å². The van der Waals surface area contributed by atoms with Crippen LogP contribution in [0.3, 0.4) is 0 Å². The number of ether oxygens (including phenoxy) is 1. The largest absolute Gasteiger partial charge is 0.493 e. The zero-order valence-electron chi connectivity index (χ0n) is 18.5. The third-order valence-corrected chi connectivity index (χ3v) is 5.18. The van der Waals surface area contributed by atoms with Crippen molar-refractivity contribution in [2.24, 2.45) is 0 Å². The minimum atomic E-state index is -0.798. The number of rotatable bonds is 11. The Morgan fingerprint density at radius 1 is 1.00 bits per heavy atom. The maximum Gasteiger partial charge on any atom is 0.303 e. The first kappa shape index (κ1) is 23.1. The zero-order valence-corrected chi connectivity index (χ0v) is 18.5. The molecule has 1 N–H and O–H groups in total. The second-order valence-corrected chi connectivity index (χ2v) is 7.89. The predicted octanol–water partition coefficient (Wildman–Crippen LogP) is 5.63. The number of carboxylic acids is 1. The van der Waals surface area contributed by atoms with Gasteiger partial charge in [-0.1, -0.05) is 30.3 Å². The van der Waals surface area contributed by atoms with Gasteiger partial charge in [0, 0.05) is 35.7 Å². The summed E-state index contributed by atoms with van der Waals surface area (Å²) in [5.41, 5.74) is 2.45. The summed E-state index contributed by atoms with van der Waals surface area (Å²) in [5, 5.41) is 8.75. The molecule has 0 unspecified atom stereocenters. The second kappa shape index (κ2) is 11.2. The fourth-order valence-electron chi connectivity index (χ4n) is 3.39. The van der Waals surface area contributed by atoms with E-state index in [0.717, 1.165) is 22.6 Å². The van der Waals surface area contributed by atoms with Crippen LogP contribution in [-0.4, -0.2) is 34.5 Å². The lowest BCUT2D eigenvalue weighted by Gasteiger charge is -2.28. The van der Waals surface area contributed by atoms with E-state index in [0.29, 0.717) is 31.6 Å². The Labute approximate surface area is 188 Å². The minimum Gasteiger partial charge on any atom is -0.493 e. The maximum atomic E-state index is 13.3. The first-order chi connectivity index (χ1) is 15.5. The van der Waals surface area contributed by atoms with Crippen LogP contribution in [0.2, 0.25) is 0 Å². The van der Waals surface area contributed by atoms with Gasteiger partial charge in [0.1, 0.15) is 11.5 Å². The molecule has 6 nitrogen and oxygen atoms in total. The number of hydrogen-bond acceptors (Lipinski definition) is 4. The molecule has 0 radical (unpaired) electrons. The number of unbranched alkanes of at least 4 members (excludes halogenated alkanes) is 1. The van der Waals surface area contributed by atoms with Crippen molar-refractivity contribution in [2.45, 2.75) is 45.7 Å². The van der Waals surface area contributed by atoms with Crippen molar-refractivity contribution >= 4 is 11.9 Å². The number of furan rings is 1. The highest BCUT2D eigenvalue weighted by atomic mass is 16.5. The summed E-state index contributed by atoms with van der Waals surface area (Å²) in [5.74, 6) is 0.629. The highest BCUT2D eigenvalue weighted by Gasteiger charge is 2.21. The number of carbonyl (C=O) groups is 2. The number of benzene rings is 2. The van der Waals surface area contributed by atoms with E-state index in [9.17, 15) is 9.59 Å². The minimum absolute atomic E-state index is 0.00382. The van der Waals surface area contributed by atoms with Crippen molar-refractivity contribution in [3.63, 3.8) is 0 Å². The lowest BCUT2D eigenvalue weighted by molar-refractivity contribution is -0.137. The summed E-state index contributed by atoms with van der Waals surface area (Å²) in [7, 11) is 0. The SMILES string of the molecule is CC(C)N(Cc1ccccc1OCCCCC(=O)O)C(=O)c1ccc(-c2ccco2)cc1. The van der Waals surface area contributed by atoms with E-state index in [1.807, 2.05) is 79.4 Å². The summed E-state index contributed by atoms with van der Waals surface area (Å²) in [6.07, 6.45) is 3.00. The summed E-state index contributed by atoms with van der Waals surface area (Å²) >= 11 is 0. The molecular weight excluding hydrogens is 406 g/mol. The molecule has 1 amide bonds. The summed E-state index contributed by atoms with van der Waals surface area (Å²) in [6, 6.07) is 18.8. The van der Waals surface area contributed by atoms with E-state index in [1.54, 1.807) is 6.26 Å². The maximum absolute atomic E-state index is 13.3. The fourth-order valence-corrected chi connectivity index (χ4v) is 3.39. The van der Waals surface area contributed by atoms with Crippen molar-refractivity contribution in [3.8, 4) is 17.1 Å². The molecule has 168 valence electrons. The third kappa shape index (κ3) is 6.23. The standard InChI is InChI=1S/C26H29NO5/c1-19(2)27(26(30)21-14-12-20(13-15-21)23-10-7-17-32-23)18-22-8-3-4-9-24(22)31-16-6-5-11-25(28)29/h3-4,7-10,12-15,17,19H,5-6,11,16,18H2,1-2H3,(H,28,29). The quantitative estimate of drug-likeness (QED) is 0.395. The average Bonchev–Trinajstić information content (AvgIpc) is 3.32. The van der Waals surface area contributed by atoms with Crippen LogP contribution in [0.1, 0.15) is 49.0 Å². The van der Waals surface area contributed by atoms with Gasteiger partial charge in [-0.15, -0.1) is 0 Å². The third-order valence-electron chi connectivity index (χ3n) is 5.18. The first-order valence-electron chi connectivity index (χ1n) is 10.8. The molecule has 3 aromatic rings. The summed E-state index contributed by atoms with van der Waals surface area (Å²) < 4.78 is 11.3. The smallest absolute Gasteiger partial charge is 0.303 e. The van der Waals surface area contributed by atoms with Crippen LogP contribution in [0.25, 0.3) is 11.3 Å². The van der Waals surface area contributed by atoms with Gasteiger partial charge >= 0.3 is 5.97 Å². The van der Waals surface area contributed by atoms with E-state index in [1.165, 1.54) is 0 Å². The van der Waals surface area contributed by atoms with Gasteiger partial charge in [-0.2, -0.15) is 0 Å². The zero-order chi connectivity index (χ0) is 22.9. The molecule has 32 heavy (non-hydrogen) atoms. The molecule has 0 spiro atoms. The Morgan fingerprint density at radius 3 is 2.41 bits per heavy atom. The predicted molar refractivity (Wildman–Crippen MR) is 123 cm³/mol. The van der Waals surface area contributed by atoms with E-state index >= 15 is 0 Å². The van der Waals surface area contributed by atoms with Crippen LogP contribution in [-0.2, 0) is 11.3 Å². The van der Waals surface area contributed by atoms with Crippen LogP contribution in [0.5, 0.6) is 5.75 Å². The van der Waals surface area contributed by atoms with Crippen LogP contribution in [0.4, 0.5) is 0 Å². The number of carbonyl (C=O) groups excluding carboxylic acids is 1. The summed E-state index contributed by atoms with van der Waals surface area (Å²) in [6.45, 7) is 4.84. The molecule has 3 rings (SSSR count). The molecule has 1 aromatic heterocycles. The normalized spacial score (nSPS) is 10.8. The van der Waals surface area contributed by atoms with Crippen molar-refractivity contribution in [2.75, 3.05) is 6.61 Å². The molecular formula is C26H29NO5. The number of carboxylic acid groups (broad SMARTS) is 1. The van der Waals surface area contributed by atoms with Crippen molar-refractivity contribution in [3.05, 3.63) is 78.1 Å². The molecule has 0 saturated heterocycles. The van der Waals surface area contributed by atoms with Crippen LogP contribution < -0.4 is 4.74 Å².